The van der Waals surface area contributed by atoms with Crippen molar-refractivity contribution < 1.29 is 18.7 Å². The van der Waals surface area contributed by atoms with Crippen LogP contribution in [0.25, 0.3) is 0 Å². The second-order valence-corrected chi connectivity index (χ2v) is 5.74. The predicted octanol–water partition coefficient (Wildman–Crippen LogP) is 2.05. The van der Waals surface area contributed by atoms with Crippen molar-refractivity contribution in [2.75, 3.05) is 19.7 Å². The number of carbonyl (C=O) groups is 1. The van der Waals surface area contributed by atoms with E-state index in [1.165, 1.54) is 12.1 Å². The maximum atomic E-state index is 13.1. The number of carbonyl (C=O) groups excluding carboxylic acids is 1. The number of nitrogens with one attached hydrogen (secondary N) is 2. The van der Waals surface area contributed by atoms with Crippen molar-refractivity contribution in [3.63, 3.8) is 0 Å². The molecule has 2 amide bonds. The van der Waals surface area contributed by atoms with Crippen molar-refractivity contribution >= 4 is 6.03 Å². The van der Waals surface area contributed by atoms with Gasteiger partial charge in [0, 0.05) is 43.6 Å². The number of rotatable bonds is 8. The lowest BCUT2D eigenvalue weighted by molar-refractivity contribution is 0.213. The summed E-state index contributed by atoms with van der Waals surface area (Å²) in [4.78, 5) is 16.0. The second kappa shape index (κ2) is 9.68. The third-order valence-electron chi connectivity index (χ3n) is 3.66. The molecule has 3 N–H and O–H groups in total. The average Bonchev–Trinajstić information content (AvgIpc) is 2.58. The Kier molecular flexibility index (Phi) is 7.28. The van der Waals surface area contributed by atoms with Gasteiger partial charge in [0.25, 0.3) is 0 Å². The van der Waals surface area contributed by atoms with Crippen LogP contribution in [-0.4, -0.2) is 35.8 Å². The predicted molar refractivity (Wildman–Crippen MR) is 90.0 cm³/mol. The van der Waals surface area contributed by atoms with Crippen LogP contribution in [0, 0.1) is 17.6 Å². The summed E-state index contributed by atoms with van der Waals surface area (Å²) in [6.45, 7) is 0.478. The highest BCUT2D eigenvalue weighted by molar-refractivity contribution is 5.73. The highest BCUT2D eigenvalue weighted by atomic mass is 19.1. The molecule has 1 atom stereocenters. The number of aliphatic hydroxyl groups is 1. The minimum absolute atomic E-state index is 0.0700. The topological polar surface area (TPSA) is 74.2 Å². The van der Waals surface area contributed by atoms with Gasteiger partial charge in [-0.3, -0.25) is 4.98 Å². The van der Waals surface area contributed by atoms with Crippen molar-refractivity contribution in [1.29, 1.82) is 0 Å². The molecule has 134 valence electrons. The van der Waals surface area contributed by atoms with Crippen LogP contribution in [0.5, 0.6) is 0 Å². The molecule has 1 heterocycles. The van der Waals surface area contributed by atoms with Crippen LogP contribution >= 0.6 is 0 Å². The van der Waals surface area contributed by atoms with E-state index in [-0.39, 0.29) is 19.1 Å². The summed E-state index contributed by atoms with van der Waals surface area (Å²) >= 11 is 0. The largest absolute Gasteiger partial charge is 0.396 e. The van der Waals surface area contributed by atoms with Gasteiger partial charge in [-0.25, -0.2) is 13.6 Å². The van der Waals surface area contributed by atoms with Gasteiger partial charge < -0.3 is 15.7 Å². The number of halogens is 2. The number of nitrogens with zero attached hydrogens (tertiary/aromatic N) is 1. The summed E-state index contributed by atoms with van der Waals surface area (Å²) in [5, 5.41) is 14.7. The van der Waals surface area contributed by atoms with Gasteiger partial charge in [-0.1, -0.05) is 6.07 Å². The molecule has 0 fully saturated rings. The quantitative estimate of drug-likeness (QED) is 0.683. The molecule has 0 saturated heterocycles. The Morgan fingerprint density at radius 2 is 1.92 bits per heavy atom. The van der Waals surface area contributed by atoms with E-state index >= 15 is 0 Å². The first kappa shape index (κ1) is 18.8. The molecule has 0 aliphatic heterocycles. The number of hydrogen-bond acceptors (Lipinski definition) is 3. The summed E-state index contributed by atoms with van der Waals surface area (Å²) in [6.07, 6.45) is 2.55. The standard InChI is InChI=1S/C18H21F2N3O2/c19-15-7-13(8-16(20)10-15)4-6-22-18(25)23-11-14(12-24)9-17-3-1-2-5-21-17/h1-3,5,7-8,10,14,24H,4,6,9,11-12H2,(H2,22,23,25). The van der Waals surface area contributed by atoms with Crippen molar-refractivity contribution in [2.24, 2.45) is 5.92 Å². The monoisotopic (exact) mass is 349 g/mol. The molecular formula is C18H21F2N3O2. The zero-order valence-corrected chi connectivity index (χ0v) is 13.7. The molecule has 7 heteroatoms. The van der Waals surface area contributed by atoms with Crippen LogP contribution in [0.15, 0.2) is 42.6 Å². The molecule has 1 aromatic carbocycles. The molecule has 5 nitrogen and oxygen atoms in total. The van der Waals surface area contributed by atoms with Crippen LogP contribution in [0.4, 0.5) is 13.6 Å². The number of amides is 2. The Labute approximate surface area is 145 Å². The van der Waals surface area contributed by atoms with E-state index < -0.39 is 17.7 Å². The van der Waals surface area contributed by atoms with E-state index in [1.54, 1.807) is 6.20 Å². The molecule has 0 radical (unpaired) electrons. The highest BCUT2D eigenvalue weighted by Crippen LogP contribution is 2.08. The lowest BCUT2D eigenvalue weighted by Gasteiger charge is -2.15. The van der Waals surface area contributed by atoms with Gasteiger partial charge in [0.2, 0.25) is 0 Å². The van der Waals surface area contributed by atoms with Crippen LogP contribution in [0.3, 0.4) is 0 Å². The minimum atomic E-state index is -0.639. The smallest absolute Gasteiger partial charge is 0.314 e. The lowest BCUT2D eigenvalue weighted by Crippen LogP contribution is -2.40. The summed E-state index contributed by atoms with van der Waals surface area (Å²) in [7, 11) is 0. The van der Waals surface area contributed by atoms with Crippen LogP contribution in [0.2, 0.25) is 0 Å². The fourth-order valence-corrected chi connectivity index (χ4v) is 2.39. The van der Waals surface area contributed by atoms with Gasteiger partial charge in [0.05, 0.1) is 0 Å². The SMILES string of the molecule is O=C(NCCc1cc(F)cc(F)c1)NCC(CO)Cc1ccccn1. The average molecular weight is 349 g/mol. The summed E-state index contributed by atoms with van der Waals surface area (Å²) in [6, 6.07) is 8.42. The number of hydrogen-bond donors (Lipinski definition) is 3. The molecule has 1 unspecified atom stereocenters. The summed E-state index contributed by atoms with van der Waals surface area (Å²) in [5.74, 6) is -1.42. The summed E-state index contributed by atoms with van der Waals surface area (Å²) in [5.41, 5.74) is 1.32. The molecule has 0 spiro atoms. The number of urea groups is 1. The van der Waals surface area contributed by atoms with Gasteiger partial charge in [0.1, 0.15) is 11.6 Å². The van der Waals surface area contributed by atoms with Crippen molar-refractivity contribution in [1.82, 2.24) is 15.6 Å². The molecule has 0 aliphatic carbocycles. The van der Waals surface area contributed by atoms with Gasteiger partial charge in [-0.05, 0) is 42.7 Å². The van der Waals surface area contributed by atoms with Crippen molar-refractivity contribution in [3.05, 3.63) is 65.5 Å². The fourth-order valence-electron chi connectivity index (χ4n) is 2.39. The van der Waals surface area contributed by atoms with Gasteiger partial charge in [0.15, 0.2) is 0 Å². The maximum Gasteiger partial charge on any atom is 0.314 e. The Balaban J connectivity index is 1.70. The number of aliphatic hydroxyl groups excluding tert-OH is 1. The number of pyridine rings is 1. The van der Waals surface area contributed by atoms with Crippen molar-refractivity contribution in [3.8, 4) is 0 Å². The molecule has 2 aromatic rings. The molecule has 0 bridgehead atoms. The Morgan fingerprint density at radius 1 is 1.16 bits per heavy atom. The first-order valence-corrected chi connectivity index (χ1v) is 8.04. The Morgan fingerprint density at radius 3 is 2.56 bits per heavy atom. The van der Waals surface area contributed by atoms with E-state index in [9.17, 15) is 18.7 Å². The summed E-state index contributed by atoms with van der Waals surface area (Å²) < 4.78 is 26.1. The third kappa shape index (κ3) is 6.84. The molecular weight excluding hydrogens is 328 g/mol. The normalized spacial score (nSPS) is 11.8. The van der Waals surface area contributed by atoms with Crippen LogP contribution < -0.4 is 10.6 Å². The van der Waals surface area contributed by atoms with E-state index in [1.807, 2.05) is 18.2 Å². The maximum absolute atomic E-state index is 13.1. The fraction of sp³-hybridized carbons (Fsp3) is 0.333. The van der Waals surface area contributed by atoms with E-state index in [0.29, 0.717) is 24.9 Å². The number of aromatic nitrogens is 1. The van der Waals surface area contributed by atoms with Crippen LogP contribution in [-0.2, 0) is 12.8 Å². The van der Waals surface area contributed by atoms with Crippen LogP contribution in [0.1, 0.15) is 11.3 Å². The lowest BCUT2D eigenvalue weighted by atomic mass is 10.0. The molecule has 0 saturated carbocycles. The molecule has 1 aromatic heterocycles. The third-order valence-corrected chi connectivity index (χ3v) is 3.66. The zero-order valence-electron chi connectivity index (χ0n) is 13.7. The van der Waals surface area contributed by atoms with Gasteiger partial charge in [-0.15, -0.1) is 0 Å². The zero-order chi connectivity index (χ0) is 18.1. The van der Waals surface area contributed by atoms with Gasteiger partial charge >= 0.3 is 6.03 Å². The highest BCUT2D eigenvalue weighted by Gasteiger charge is 2.11. The number of benzene rings is 1. The second-order valence-electron chi connectivity index (χ2n) is 5.74. The Hall–Kier alpha value is -2.54. The molecule has 2 rings (SSSR count). The minimum Gasteiger partial charge on any atom is -0.396 e. The Bertz CT molecular complexity index is 663. The van der Waals surface area contributed by atoms with Crippen molar-refractivity contribution in [2.45, 2.75) is 12.8 Å². The van der Waals surface area contributed by atoms with E-state index in [4.69, 9.17) is 0 Å². The first-order chi connectivity index (χ1) is 12.1. The van der Waals surface area contributed by atoms with E-state index in [2.05, 4.69) is 15.6 Å². The molecule has 25 heavy (non-hydrogen) atoms. The van der Waals surface area contributed by atoms with E-state index in [0.717, 1.165) is 11.8 Å². The molecule has 0 aliphatic rings. The van der Waals surface area contributed by atoms with Gasteiger partial charge in [-0.2, -0.15) is 0 Å². The first-order valence-electron chi connectivity index (χ1n) is 8.04.